The lowest BCUT2D eigenvalue weighted by atomic mass is 9.84. The normalized spacial score (nSPS) is 17.7. The lowest BCUT2D eigenvalue weighted by molar-refractivity contribution is -0.570. The van der Waals surface area contributed by atoms with E-state index in [1.807, 2.05) is 47.0 Å². The number of benzene rings is 13. The number of hydrogen-bond donors (Lipinski definition) is 0. The molecule has 0 bridgehead atoms. The highest BCUT2D eigenvalue weighted by molar-refractivity contribution is 7.21. The first kappa shape index (κ1) is 32.7. The molecule has 0 aliphatic carbocycles. The standard InChI is InChI=1S/C92H76N4OSi2/c1-91(2,3)69-56-57-93-89(62-69)96-84-51-29-28-50-81(84)82-54-53-73(64-86(82)96)97-72-36-31-35-71(63-72)94-65-95(85-55-52-67(59-87(85)94)66-32-14-7-15-33-66)90-83(68-34-30-49-80(58-68)98(74-37-16-8-17-38-74,75-39-18-9-19-40-75)76-41-20-10-21-42-76)60-70(92(4,5)6)61-88(90)99(77-43-22-11-23-44-77,78-45-24-12-25-46-78)79-47-26-13-27-48-79/h7-64H,1-6H3/i7D,8D,9D,10D,11D,12D,13D,14D,15D,16D,17D,18D,19D,20D,21D,22D,23D,24D,25D,26D,27D,30D,32D,33D,34D,37D,38D,39D,40D,41D,42D,43D,44D,45D,46D,47D,48D,49D,58D. The first-order valence-electron chi connectivity index (χ1n) is 50.6. The van der Waals surface area contributed by atoms with Crippen LogP contribution in [0.15, 0.2) is 351 Å². The monoisotopic (exact) mass is 1350 g/mol. The van der Waals surface area contributed by atoms with Crippen LogP contribution < -0.4 is 50.8 Å². The third-order valence-electron chi connectivity index (χ3n) is 17.4. The molecule has 0 fully saturated rings. The summed E-state index contributed by atoms with van der Waals surface area (Å²) in [4.78, 5) is 4.84. The van der Waals surface area contributed by atoms with Crippen LogP contribution in [0.25, 0.3) is 72.3 Å². The second kappa shape index (κ2) is 25.5. The molecule has 478 valence electrons. The molecule has 0 radical (unpaired) electrons. The van der Waals surface area contributed by atoms with Gasteiger partial charge in [-0.2, -0.15) is 0 Å². The molecular weight excluding hydrogens is 1230 g/mol. The fourth-order valence-corrected chi connectivity index (χ4v) is 20.3. The van der Waals surface area contributed by atoms with E-state index in [0.717, 1.165) is 26.4 Å². The Balaban J connectivity index is 1.19. The molecule has 0 spiro atoms. The van der Waals surface area contributed by atoms with E-state index in [1.165, 1.54) is 73.9 Å². The Morgan fingerprint density at radius 1 is 0.404 bits per heavy atom. The smallest absolute Gasteiger partial charge is 0.269 e. The van der Waals surface area contributed by atoms with Crippen molar-refractivity contribution in [1.29, 1.82) is 0 Å². The molecule has 3 aromatic heterocycles. The van der Waals surface area contributed by atoms with Gasteiger partial charge in [0.2, 0.25) is 0 Å². The summed E-state index contributed by atoms with van der Waals surface area (Å²) in [5.41, 5.74) is -3.87. The van der Waals surface area contributed by atoms with E-state index in [0.29, 0.717) is 11.3 Å². The second-order valence-electron chi connectivity index (χ2n) is 25.2. The summed E-state index contributed by atoms with van der Waals surface area (Å²) in [6, 6.07) is -19.5. The second-order valence-corrected chi connectivity index (χ2v) is 32.2. The molecule has 0 aliphatic rings. The van der Waals surface area contributed by atoms with E-state index in [-0.39, 0.29) is 44.8 Å². The number of ether oxygens (including phenoxy) is 1. The van der Waals surface area contributed by atoms with E-state index in [2.05, 4.69) is 27.1 Å². The molecule has 7 heteroatoms. The summed E-state index contributed by atoms with van der Waals surface area (Å²) in [7, 11) is -13.8. The summed E-state index contributed by atoms with van der Waals surface area (Å²) < 4.78 is 394. The van der Waals surface area contributed by atoms with Crippen molar-refractivity contribution < 1.29 is 62.8 Å². The molecule has 0 N–H and O–H groups in total. The summed E-state index contributed by atoms with van der Waals surface area (Å²) in [6.07, 6.45) is 5.02. The first-order valence-corrected chi connectivity index (χ1v) is 35.1. The molecule has 0 atom stereocenters. The van der Waals surface area contributed by atoms with Crippen LogP contribution in [-0.2, 0) is 10.8 Å². The summed E-state index contributed by atoms with van der Waals surface area (Å²) in [5, 5.41) is -7.86. The van der Waals surface area contributed by atoms with E-state index in [1.54, 1.807) is 24.4 Å². The van der Waals surface area contributed by atoms with Crippen LogP contribution in [0.1, 0.15) is 106 Å². The zero-order valence-corrected chi connectivity index (χ0v) is 55.7. The van der Waals surface area contributed by atoms with E-state index in [4.69, 9.17) is 17.9 Å². The van der Waals surface area contributed by atoms with Crippen LogP contribution in [0.4, 0.5) is 0 Å². The van der Waals surface area contributed by atoms with Crippen molar-refractivity contribution in [2.75, 3.05) is 0 Å². The fraction of sp³-hybridized carbons (Fsp3) is 0.0870. The molecule has 16 aromatic rings. The summed E-state index contributed by atoms with van der Waals surface area (Å²) in [6.45, 7) is 10.7. The number of fused-ring (bicyclic) bond motifs is 4. The average Bonchev–Trinajstić information content (AvgIpc) is 0.764. The highest BCUT2D eigenvalue weighted by atomic mass is 28.3. The van der Waals surface area contributed by atoms with Crippen molar-refractivity contribution in [3.05, 3.63) is 369 Å². The molecule has 0 saturated heterocycles. The SMILES string of the molecule is [2H]c1c([2H])c([2H])c(-c2ccc3c(c2)n(-c2cccc(Oc4ccc5c6ccccc6n(-c6cc(C(C)(C)C)ccn6)c5c4)c2)[c-][n+]3-c2c(-c3c([2H])c([2H])c([2H])c([Si](c4c([2H])c([2H])c([2H])c([2H])c4[2H])(c4c([2H])c([2H])c([2H])c([2H])c4[2H])c4c([2H])c([2H])c([2H])c([2H])c4[2H])c3[2H])cc(C(C)(C)C)cc2[Si](c2c([2H])c([2H])c([2H])c([2H])c2[2H])(c2c([2H])c([2H])c([2H])c([2H])c2[2H])c2c([2H])c([2H])c([2H])c([2H])c2[2H])c([2H])c1[2H]. The molecule has 99 heavy (non-hydrogen) atoms. The largest absolute Gasteiger partial charge is 0.458 e. The Labute approximate surface area is 637 Å². The van der Waals surface area contributed by atoms with Crippen molar-refractivity contribution in [1.82, 2.24) is 14.1 Å². The Morgan fingerprint density at radius 3 is 1.49 bits per heavy atom. The van der Waals surface area contributed by atoms with Crippen molar-refractivity contribution >= 4 is 90.5 Å². The zero-order chi connectivity index (χ0) is 101. The number of hydrogen-bond acceptors (Lipinski definition) is 2. The maximum atomic E-state index is 11.6. The molecule has 0 unspecified atom stereocenters. The van der Waals surface area contributed by atoms with Crippen LogP contribution in [0, 0.1) is 6.33 Å². The van der Waals surface area contributed by atoms with Gasteiger partial charge in [-0.15, -0.1) is 0 Å². The topological polar surface area (TPSA) is 35.9 Å². The van der Waals surface area contributed by atoms with Gasteiger partial charge in [0.15, 0.2) is 16.1 Å². The summed E-state index contributed by atoms with van der Waals surface area (Å²) in [5.74, 6) is 0.815. The highest BCUT2D eigenvalue weighted by Crippen LogP contribution is 2.38. The Bertz CT molecular complexity index is 7560. The van der Waals surface area contributed by atoms with Gasteiger partial charge in [-0.25, -0.2) is 4.98 Å². The van der Waals surface area contributed by atoms with Crippen LogP contribution in [0.2, 0.25) is 0 Å². The molecule has 0 saturated carbocycles. The van der Waals surface area contributed by atoms with Gasteiger partial charge in [0.05, 0.1) is 86.9 Å². The highest BCUT2D eigenvalue weighted by Gasteiger charge is 2.46. The van der Waals surface area contributed by atoms with Gasteiger partial charge in [-0.1, -0.05) is 326 Å². The van der Waals surface area contributed by atoms with E-state index >= 15 is 0 Å². The van der Waals surface area contributed by atoms with Crippen LogP contribution in [0.5, 0.6) is 11.5 Å². The number of aromatic nitrogens is 4. The predicted molar refractivity (Wildman–Crippen MR) is 418 cm³/mol. The van der Waals surface area contributed by atoms with Crippen LogP contribution in [-0.4, -0.2) is 30.3 Å². The van der Waals surface area contributed by atoms with Gasteiger partial charge in [-0.3, -0.25) is 13.7 Å². The average molecular weight is 1350 g/mol. The van der Waals surface area contributed by atoms with Gasteiger partial charge in [-0.05, 0) is 140 Å². The van der Waals surface area contributed by atoms with Crippen molar-refractivity contribution in [2.24, 2.45) is 0 Å². The lowest BCUT2D eigenvalue weighted by Crippen LogP contribution is -2.76. The van der Waals surface area contributed by atoms with Gasteiger partial charge >= 0.3 is 0 Å². The summed E-state index contributed by atoms with van der Waals surface area (Å²) >= 11 is 0. The Kier molecular flexibility index (Phi) is 8.42. The molecule has 3 heterocycles. The Hall–Kier alpha value is -11.5. The van der Waals surface area contributed by atoms with Crippen molar-refractivity contribution in [3.63, 3.8) is 0 Å². The van der Waals surface area contributed by atoms with Crippen molar-refractivity contribution in [3.8, 4) is 50.9 Å². The molecule has 0 aliphatic heterocycles. The van der Waals surface area contributed by atoms with Crippen LogP contribution >= 0.6 is 0 Å². The maximum absolute atomic E-state index is 11.6. The molecule has 5 nitrogen and oxygen atoms in total. The van der Waals surface area contributed by atoms with Gasteiger partial charge < -0.3 is 4.74 Å². The minimum absolute atomic E-state index is 0.0316. The number of para-hydroxylation sites is 1. The maximum Gasteiger partial charge on any atom is 0.269 e. The van der Waals surface area contributed by atoms with Gasteiger partial charge in [0.1, 0.15) is 17.3 Å². The fourth-order valence-electron chi connectivity index (χ4n) is 12.7. The Morgan fingerprint density at radius 2 is 0.919 bits per heavy atom. The van der Waals surface area contributed by atoms with Crippen LogP contribution in [0.3, 0.4) is 0 Å². The minimum atomic E-state index is -6.91. The van der Waals surface area contributed by atoms with E-state index in [9.17, 15) is 45.2 Å². The number of nitrogens with zero attached hydrogens (tertiary/aromatic N) is 4. The van der Waals surface area contributed by atoms with Gasteiger partial charge in [0, 0.05) is 23.0 Å². The minimum Gasteiger partial charge on any atom is -0.458 e. The molecular formula is C92H76N4OSi2. The van der Waals surface area contributed by atoms with E-state index < -0.39 is 321 Å². The zero-order valence-electron chi connectivity index (χ0n) is 92.7. The third kappa shape index (κ3) is 11.1. The third-order valence-corrected chi connectivity index (χ3v) is 25.6. The quantitative estimate of drug-likeness (QED) is 0.0444. The number of imidazole rings is 1. The predicted octanol–water partition coefficient (Wildman–Crippen LogP) is 16.7. The number of rotatable bonds is 15. The molecule has 16 rings (SSSR count). The molecule has 0 amide bonds. The number of pyridine rings is 1. The molecule has 13 aromatic carbocycles. The van der Waals surface area contributed by atoms with Gasteiger partial charge in [0.25, 0.3) is 6.33 Å². The van der Waals surface area contributed by atoms with Crippen molar-refractivity contribution in [2.45, 2.75) is 52.4 Å². The lowest BCUT2D eigenvalue weighted by Gasteiger charge is -2.38. The first-order chi connectivity index (χ1) is 64.5.